The van der Waals surface area contributed by atoms with Crippen LogP contribution in [0.4, 0.5) is 11.4 Å². The van der Waals surface area contributed by atoms with Gasteiger partial charge in [-0.25, -0.2) is 0 Å². The lowest BCUT2D eigenvalue weighted by Crippen LogP contribution is -2.06. The Morgan fingerprint density at radius 2 is 0.558 bits per heavy atom. The lowest BCUT2D eigenvalue weighted by molar-refractivity contribution is 0.755. The molecule has 0 spiro atoms. The molecule has 0 saturated heterocycles. The van der Waals surface area contributed by atoms with Crippen LogP contribution < -0.4 is 0 Å². The largest absolute Gasteiger partial charge is 0.255 e. The molecule has 0 amide bonds. The third-order valence-corrected chi connectivity index (χ3v) is 10.6. The minimum atomic E-state index is 0.234. The Bertz CT molecular complexity index is 1750. The highest BCUT2D eigenvalue weighted by Gasteiger charge is 2.24. The van der Waals surface area contributed by atoms with E-state index in [1.807, 2.05) is 12.4 Å². The maximum absolute atomic E-state index is 5.34. The Kier molecular flexibility index (Phi) is 12.8. The van der Waals surface area contributed by atoms with Crippen molar-refractivity contribution in [3.8, 4) is 0 Å². The van der Waals surface area contributed by atoms with E-state index in [0.717, 1.165) is 37.1 Å². The molecular formula is C50H52N2. The van der Waals surface area contributed by atoms with Gasteiger partial charge in [0.05, 0.1) is 11.4 Å². The van der Waals surface area contributed by atoms with E-state index in [0.29, 0.717) is 0 Å². The van der Waals surface area contributed by atoms with Crippen LogP contribution >= 0.6 is 0 Å². The van der Waals surface area contributed by atoms with Crippen LogP contribution in [-0.2, 0) is 0 Å². The molecule has 6 aromatic rings. The Morgan fingerprint density at radius 3 is 0.769 bits per heavy atom. The first-order valence-corrected chi connectivity index (χ1v) is 19.2. The van der Waals surface area contributed by atoms with E-state index in [1.54, 1.807) is 0 Å². The zero-order valence-corrected chi connectivity index (χ0v) is 31.2. The highest BCUT2D eigenvalue weighted by atomic mass is 14.8. The summed E-state index contributed by atoms with van der Waals surface area (Å²) in [4.78, 5) is 10.7. The van der Waals surface area contributed by atoms with Gasteiger partial charge in [0.25, 0.3) is 0 Å². The first-order chi connectivity index (χ1) is 25.7. The molecule has 6 rings (SSSR count). The molecule has 0 N–H and O–H groups in total. The zero-order chi connectivity index (χ0) is 36.1. The first-order valence-electron chi connectivity index (χ1n) is 19.2. The SMILES string of the molecule is CCC(c1ccccc1)c1cccc(C(CC)c2ccccc2)c1/N=C/C=N/c1c(C(CC)c2ccccc2)cccc1C(CC)c1ccccc1. The number of benzene rings is 6. The maximum Gasteiger partial charge on any atom is 0.0706 e. The molecule has 4 atom stereocenters. The summed E-state index contributed by atoms with van der Waals surface area (Å²) in [6.45, 7) is 9.11. The third-order valence-electron chi connectivity index (χ3n) is 10.6. The lowest BCUT2D eigenvalue weighted by atomic mass is 9.82. The second-order valence-corrected chi connectivity index (χ2v) is 13.6. The van der Waals surface area contributed by atoms with Crippen LogP contribution in [0.2, 0.25) is 0 Å². The molecule has 0 radical (unpaired) electrons. The van der Waals surface area contributed by atoms with Crippen molar-refractivity contribution in [2.75, 3.05) is 0 Å². The molecule has 0 heterocycles. The van der Waals surface area contributed by atoms with Gasteiger partial charge in [0.15, 0.2) is 0 Å². The molecule has 262 valence electrons. The average molecular weight is 681 g/mol. The fourth-order valence-corrected chi connectivity index (χ4v) is 8.08. The predicted molar refractivity (Wildman–Crippen MR) is 223 cm³/mol. The quantitative estimate of drug-likeness (QED) is 0.0965. The summed E-state index contributed by atoms with van der Waals surface area (Å²) in [5, 5.41) is 0. The fourth-order valence-electron chi connectivity index (χ4n) is 8.08. The molecule has 0 saturated carbocycles. The van der Waals surface area contributed by atoms with Crippen LogP contribution in [0.3, 0.4) is 0 Å². The van der Waals surface area contributed by atoms with Gasteiger partial charge in [-0.05, 0) is 70.2 Å². The second-order valence-electron chi connectivity index (χ2n) is 13.6. The van der Waals surface area contributed by atoms with E-state index in [4.69, 9.17) is 9.98 Å². The number of para-hydroxylation sites is 2. The molecule has 0 aliphatic rings. The van der Waals surface area contributed by atoms with Crippen molar-refractivity contribution in [3.05, 3.63) is 202 Å². The van der Waals surface area contributed by atoms with E-state index in [9.17, 15) is 0 Å². The van der Waals surface area contributed by atoms with E-state index in [2.05, 4.69) is 185 Å². The monoisotopic (exact) mass is 680 g/mol. The maximum atomic E-state index is 5.34. The van der Waals surface area contributed by atoms with Crippen molar-refractivity contribution >= 4 is 23.8 Å². The predicted octanol–water partition coefficient (Wildman–Crippen LogP) is 14.0. The van der Waals surface area contributed by atoms with Crippen molar-refractivity contribution in [3.63, 3.8) is 0 Å². The molecule has 52 heavy (non-hydrogen) atoms. The van der Waals surface area contributed by atoms with Crippen LogP contribution in [0, 0.1) is 0 Å². The molecule has 4 unspecified atom stereocenters. The third kappa shape index (κ3) is 8.24. The minimum Gasteiger partial charge on any atom is -0.255 e. The van der Waals surface area contributed by atoms with Crippen molar-refractivity contribution in [1.82, 2.24) is 0 Å². The molecule has 0 fully saturated rings. The molecular weight excluding hydrogens is 629 g/mol. The number of aliphatic imine (C=N–C) groups is 2. The van der Waals surface area contributed by atoms with Crippen molar-refractivity contribution in [1.29, 1.82) is 0 Å². The van der Waals surface area contributed by atoms with Crippen LogP contribution in [0.1, 0.15) is 122 Å². The Labute approximate surface area is 312 Å². The van der Waals surface area contributed by atoms with E-state index < -0.39 is 0 Å². The van der Waals surface area contributed by atoms with Crippen LogP contribution in [0.25, 0.3) is 0 Å². The molecule has 2 nitrogen and oxygen atoms in total. The van der Waals surface area contributed by atoms with Gasteiger partial charge in [-0.2, -0.15) is 0 Å². The van der Waals surface area contributed by atoms with Gasteiger partial charge in [-0.3, -0.25) is 9.98 Å². The smallest absolute Gasteiger partial charge is 0.0706 e. The van der Waals surface area contributed by atoms with Gasteiger partial charge in [0, 0.05) is 36.1 Å². The van der Waals surface area contributed by atoms with Gasteiger partial charge in [0.2, 0.25) is 0 Å². The number of hydrogen-bond acceptors (Lipinski definition) is 2. The van der Waals surface area contributed by atoms with E-state index in [-0.39, 0.29) is 23.7 Å². The van der Waals surface area contributed by atoms with Gasteiger partial charge < -0.3 is 0 Å². The van der Waals surface area contributed by atoms with Crippen LogP contribution in [-0.4, -0.2) is 12.4 Å². The Morgan fingerprint density at radius 1 is 0.327 bits per heavy atom. The van der Waals surface area contributed by atoms with Gasteiger partial charge in [0.1, 0.15) is 0 Å². The molecule has 0 aromatic heterocycles. The topological polar surface area (TPSA) is 24.7 Å². The van der Waals surface area contributed by atoms with Gasteiger partial charge in [-0.1, -0.05) is 185 Å². The summed E-state index contributed by atoms with van der Waals surface area (Å²) in [6, 6.07) is 57.0. The molecule has 0 aliphatic heterocycles. The Hall–Kier alpha value is -5.34. The van der Waals surface area contributed by atoms with Crippen molar-refractivity contribution in [2.24, 2.45) is 9.98 Å². The summed E-state index contributed by atoms with van der Waals surface area (Å²) in [5.74, 6) is 0.938. The summed E-state index contributed by atoms with van der Waals surface area (Å²) < 4.78 is 0. The summed E-state index contributed by atoms with van der Waals surface area (Å²) in [7, 11) is 0. The molecule has 6 aromatic carbocycles. The van der Waals surface area contributed by atoms with Gasteiger partial charge >= 0.3 is 0 Å². The highest BCUT2D eigenvalue weighted by molar-refractivity contribution is 6.17. The lowest BCUT2D eigenvalue weighted by Gasteiger charge is -2.24. The second kappa shape index (κ2) is 18.2. The summed E-state index contributed by atoms with van der Waals surface area (Å²) in [5.41, 5.74) is 12.4. The first kappa shape index (κ1) is 36.5. The minimum absolute atomic E-state index is 0.234. The van der Waals surface area contributed by atoms with E-state index in [1.165, 1.54) is 44.5 Å². The fraction of sp³-hybridized carbons (Fsp3) is 0.240. The van der Waals surface area contributed by atoms with E-state index >= 15 is 0 Å². The zero-order valence-electron chi connectivity index (χ0n) is 31.2. The summed E-state index contributed by atoms with van der Waals surface area (Å²) >= 11 is 0. The average Bonchev–Trinajstić information content (AvgIpc) is 3.20. The van der Waals surface area contributed by atoms with Crippen LogP contribution in [0.15, 0.2) is 168 Å². The van der Waals surface area contributed by atoms with Gasteiger partial charge in [-0.15, -0.1) is 0 Å². The normalized spacial score (nSPS) is 14.0. The molecule has 0 bridgehead atoms. The molecule has 2 heteroatoms. The standard InChI is InChI=1S/C50H52N2/c1-5-41(37-23-13-9-14-24-37)45-31-21-32-46(42(6-2)38-25-15-10-16-26-38)49(45)51-35-36-52-50-47(43(7-3)39-27-17-11-18-28-39)33-22-34-48(50)44(8-4)40-29-19-12-20-30-40/h9-36,41-44H,5-8H2,1-4H3/b51-35+,52-36+. The number of hydrogen-bond donors (Lipinski definition) is 0. The van der Waals surface area contributed by atoms with Crippen molar-refractivity contribution in [2.45, 2.75) is 77.0 Å². The highest BCUT2D eigenvalue weighted by Crippen LogP contribution is 2.43. The Balaban J connectivity index is 1.48. The number of rotatable bonds is 15. The van der Waals surface area contributed by atoms with Crippen molar-refractivity contribution < 1.29 is 0 Å². The molecule has 0 aliphatic carbocycles. The number of nitrogens with zero attached hydrogens (tertiary/aromatic N) is 2. The summed E-state index contributed by atoms with van der Waals surface area (Å²) in [6.07, 6.45) is 7.81. The van der Waals surface area contributed by atoms with Crippen LogP contribution in [0.5, 0.6) is 0 Å².